The van der Waals surface area contributed by atoms with E-state index in [-0.39, 0.29) is 6.61 Å². The quantitative estimate of drug-likeness (QED) is 0.0518. The van der Waals surface area contributed by atoms with E-state index in [1.54, 1.807) is 0 Å². The largest absolute Gasteiger partial charge is 0.467 e. The van der Waals surface area contributed by atoms with E-state index in [1.165, 1.54) is 7.11 Å². The first-order chi connectivity index (χ1) is 20.8. The summed E-state index contributed by atoms with van der Waals surface area (Å²) in [5.41, 5.74) is 0. The zero-order valence-corrected chi connectivity index (χ0v) is 26.9. The van der Waals surface area contributed by atoms with Gasteiger partial charge in [-0.15, -0.1) is 0 Å². The molecule has 0 aliphatic carbocycles. The van der Waals surface area contributed by atoms with Crippen LogP contribution < -0.4 is 0 Å². The molecule has 0 saturated heterocycles. The lowest BCUT2D eigenvalue weighted by molar-refractivity contribution is -0.146. The second-order valence-electron chi connectivity index (χ2n) is 8.05. The summed E-state index contributed by atoms with van der Waals surface area (Å²) in [6, 6.07) is 0. The summed E-state index contributed by atoms with van der Waals surface area (Å²) in [5.74, 6) is -0.407. The summed E-state index contributed by atoms with van der Waals surface area (Å²) in [5, 5.41) is 0.834. The Balaban J connectivity index is 3.04. The van der Waals surface area contributed by atoms with Crippen LogP contribution in [0.2, 0.25) is 0 Å². The standard InChI is InChI=1S/C27H53BrO14/c1-30-27(29)26-42-25-24-41-23-22-40-21-20-39-19-18-38-17-16-37-15-14-36-13-12-35-11-10-34-9-8-33-7-6-32-5-4-31-3-2-28/h2-26H2,1H3. The molecule has 0 heterocycles. The van der Waals surface area contributed by atoms with Crippen LogP contribution in [0.3, 0.4) is 0 Å². The fourth-order valence-corrected chi connectivity index (χ4v) is 2.92. The van der Waals surface area contributed by atoms with Crippen molar-refractivity contribution in [3.05, 3.63) is 0 Å². The Hall–Kier alpha value is -0.530. The normalized spacial score (nSPS) is 11.4. The summed E-state index contributed by atoms with van der Waals surface area (Å²) in [4.78, 5) is 10.8. The molecule has 0 spiro atoms. The van der Waals surface area contributed by atoms with Gasteiger partial charge in [0, 0.05) is 5.33 Å². The number of rotatable bonds is 37. The molecule has 0 radical (unpaired) electrons. The van der Waals surface area contributed by atoms with E-state index >= 15 is 0 Å². The van der Waals surface area contributed by atoms with Crippen molar-refractivity contribution in [2.24, 2.45) is 0 Å². The maximum Gasteiger partial charge on any atom is 0.331 e. The van der Waals surface area contributed by atoms with Crippen molar-refractivity contribution in [3.8, 4) is 0 Å². The third-order valence-electron chi connectivity index (χ3n) is 4.76. The van der Waals surface area contributed by atoms with Crippen molar-refractivity contribution in [1.29, 1.82) is 0 Å². The van der Waals surface area contributed by atoms with Crippen LogP contribution in [0, 0.1) is 0 Å². The third-order valence-corrected chi connectivity index (χ3v) is 5.08. The Morgan fingerprint density at radius 1 is 0.357 bits per heavy atom. The van der Waals surface area contributed by atoms with Crippen molar-refractivity contribution >= 4 is 21.9 Å². The minimum Gasteiger partial charge on any atom is -0.467 e. The van der Waals surface area contributed by atoms with Gasteiger partial charge in [-0.1, -0.05) is 15.9 Å². The Morgan fingerprint density at radius 2 is 0.548 bits per heavy atom. The second kappa shape index (κ2) is 38.5. The van der Waals surface area contributed by atoms with Crippen molar-refractivity contribution < 1.29 is 66.4 Å². The van der Waals surface area contributed by atoms with Crippen LogP contribution >= 0.6 is 15.9 Å². The van der Waals surface area contributed by atoms with Crippen LogP contribution in [0.4, 0.5) is 0 Å². The number of methoxy groups -OCH3 is 1. The van der Waals surface area contributed by atoms with Gasteiger partial charge in [0.05, 0.1) is 159 Å². The molecule has 0 N–H and O–H groups in total. The fraction of sp³-hybridized carbons (Fsp3) is 0.963. The lowest BCUT2D eigenvalue weighted by Crippen LogP contribution is -2.16. The topological polar surface area (TPSA) is 137 Å². The smallest absolute Gasteiger partial charge is 0.331 e. The van der Waals surface area contributed by atoms with Crippen molar-refractivity contribution in [1.82, 2.24) is 0 Å². The van der Waals surface area contributed by atoms with Gasteiger partial charge in [0.15, 0.2) is 0 Å². The van der Waals surface area contributed by atoms with Crippen LogP contribution in [0.5, 0.6) is 0 Å². The predicted molar refractivity (Wildman–Crippen MR) is 156 cm³/mol. The summed E-state index contributed by atoms with van der Waals surface area (Å²) < 4.78 is 69.0. The lowest BCUT2D eigenvalue weighted by atomic mass is 10.6. The molecule has 15 heteroatoms. The lowest BCUT2D eigenvalue weighted by Gasteiger charge is -2.09. The second-order valence-corrected chi connectivity index (χ2v) is 8.85. The summed E-state index contributed by atoms with van der Waals surface area (Å²) >= 11 is 3.30. The van der Waals surface area contributed by atoms with E-state index < -0.39 is 5.97 Å². The van der Waals surface area contributed by atoms with Gasteiger partial charge < -0.3 is 61.6 Å². The summed E-state index contributed by atoms with van der Waals surface area (Å²) in [6.07, 6.45) is 0. The average Bonchev–Trinajstić information content (AvgIpc) is 3.00. The molecule has 14 nitrogen and oxygen atoms in total. The highest BCUT2D eigenvalue weighted by Gasteiger charge is 1.99. The Bertz CT molecular complexity index is 521. The zero-order chi connectivity index (χ0) is 30.4. The molecule has 0 bridgehead atoms. The number of hydrogen-bond acceptors (Lipinski definition) is 14. The molecule has 0 aromatic rings. The average molecular weight is 682 g/mol. The Morgan fingerprint density at radius 3 is 0.738 bits per heavy atom. The van der Waals surface area contributed by atoms with E-state index in [0.717, 1.165) is 5.33 Å². The molecule has 0 atom stereocenters. The van der Waals surface area contributed by atoms with E-state index in [9.17, 15) is 4.79 Å². The minimum absolute atomic E-state index is 0.0697. The summed E-state index contributed by atoms with van der Waals surface area (Å²) in [6.45, 7) is 11.5. The highest BCUT2D eigenvalue weighted by atomic mass is 79.9. The molecule has 0 aromatic heterocycles. The predicted octanol–water partition coefficient (Wildman–Crippen LogP) is 0.754. The minimum atomic E-state index is -0.407. The molecular weight excluding hydrogens is 628 g/mol. The SMILES string of the molecule is COC(=O)COCCOCCOCCOCCOCCOCCOCCOCCOCCOCCOCCOCCBr. The number of carbonyl (C=O) groups is 1. The number of hydrogen-bond donors (Lipinski definition) is 0. The zero-order valence-electron chi connectivity index (χ0n) is 25.3. The van der Waals surface area contributed by atoms with E-state index in [0.29, 0.717) is 152 Å². The molecule has 0 aliphatic rings. The molecule has 0 aliphatic heterocycles. The van der Waals surface area contributed by atoms with Gasteiger partial charge in [-0.3, -0.25) is 0 Å². The van der Waals surface area contributed by atoms with Crippen molar-refractivity contribution in [3.63, 3.8) is 0 Å². The van der Waals surface area contributed by atoms with Crippen LogP contribution in [0.1, 0.15) is 0 Å². The number of esters is 1. The van der Waals surface area contributed by atoms with Crippen molar-refractivity contribution in [2.75, 3.05) is 171 Å². The molecule has 0 saturated carbocycles. The Kier molecular flexibility index (Phi) is 38.0. The third kappa shape index (κ3) is 37.5. The fourth-order valence-electron chi connectivity index (χ4n) is 2.69. The maximum atomic E-state index is 10.8. The highest BCUT2D eigenvalue weighted by molar-refractivity contribution is 9.09. The molecule has 0 unspecified atom stereocenters. The van der Waals surface area contributed by atoms with Crippen molar-refractivity contribution in [2.45, 2.75) is 0 Å². The summed E-state index contributed by atoms with van der Waals surface area (Å²) in [7, 11) is 1.31. The van der Waals surface area contributed by atoms with Gasteiger partial charge in [0.25, 0.3) is 0 Å². The van der Waals surface area contributed by atoms with Gasteiger partial charge >= 0.3 is 5.97 Å². The highest BCUT2D eigenvalue weighted by Crippen LogP contribution is 1.88. The molecular formula is C27H53BrO14. The van der Waals surface area contributed by atoms with Crippen LogP contribution in [0.15, 0.2) is 0 Å². The first-order valence-corrected chi connectivity index (χ1v) is 15.5. The first kappa shape index (κ1) is 41.5. The van der Waals surface area contributed by atoms with Gasteiger partial charge in [0.2, 0.25) is 0 Å². The van der Waals surface area contributed by atoms with Gasteiger partial charge in [0.1, 0.15) is 6.61 Å². The number of ether oxygens (including phenoxy) is 13. The molecule has 42 heavy (non-hydrogen) atoms. The first-order valence-electron chi connectivity index (χ1n) is 14.4. The molecule has 0 amide bonds. The molecule has 252 valence electrons. The Labute approximate surface area is 259 Å². The van der Waals surface area contributed by atoms with E-state index in [1.807, 2.05) is 0 Å². The van der Waals surface area contributed by atoms with Crippen LogP contribution in [-0.2, 0) is 66.4 Å². The number of alkyl halides is 1. The van der Waals surface area contributed by atoms with Crippen LogP contribution in [0.25, 0.3) is 0 Å². The number of halogens is 1. The van der Waals surface area contributed by atoms with Gasteiger partial charge in [-0.25, -0.2) is 4.79 Å². The van der Waals surface area contributed by atoms with Gasteiger partial charge in [-0.05, 0) is 0 Å². The monoisotopic (exact) mass is 680 g/mol. The maximum absolute atomic E-state index is 10.8. The van der Waals surface area contributed by atoms with E-state index in [2.05, 4.69) is 20.7 Å². The number of carbonyl (C=O) groups excluding carboxylic acids is 1. The molecule has 0 aromatic carbocycles. The van der Waals surface area contributed by atoms with Gasteiger partial charge in [-0.2, -0.15) is 0 Å². The molecule has 0 fully saturated rings. The van der Waals surface area contributed by atoms with E-state index in [4.69, 9.17) is 56.8 Å². The molecule has 0 rings (SSSR count). The van der Waals surface area contributed by atoms with Crippen LogP contribution in [-0.4, -0.2) is 177 Å².